The molecule has 0 aliphatic rings. The van der Waals surface area contributed by atoms with Crippen molar-refractivity contribution < 1.29 is 0 Å². The van der Waals surface area contributed by atoms with Crippen molar-refractivity contribution in [1.29, 1.82) is 5.26 Å². The highest BCUT2D eigenvalue weighted by Gasteiger charge is 2.16. The van der Waals surface area contributed by atoms with Crippen LogP contribution in [0.3, 0.4) is 0 Å². The monoisotopic (exact) mass is 435 g/mol. The van der Waals surface area contributed by atoms with Gasteiger partial charge in [0.15, 0.2) is 5.96 Å². The maximum atomic E-state index is 9.56. The zero-order valence-electron chi connectivity index (χ0n) is 18.2. The van der Waals surface area contributed by atoms with E-state index in [1.54, 1.807) is 23.1 Å². The first-order valence-corrected chi connectivity index (χ1v) is 11.2. The minimum absolute atomic E-state index is 0.384. The van der Waals surface area contributed by atoms with Crippen molar-refractivity contribution in [3.05, 3.63) is 63.5 Å². The Labute approximate surface area is 187 Å². The lowest BCUT2D eigenvalue weighted by atomic mass is 10.1. The van der Waals surface area contributed by atoms with E-state index >= 15 is 0 Å². The number of nitrogens with one attached hydrogen (secondary N) is 2. The average molecular weight is 436 g/mol. The molecule has 1 aromatic carbocycles. The highest BCUT2D eigenvalue weighted by atomic mass is 32.1. The van der Waals surface area contributed by atoms with Crippen molar-refractivity contribution >= 4 is 23.1 Å². The topological polar surface area (TPSA) is 104 Å². The van der Waals surface area contributed by atoms with Crippen LogP contribution in [0, 0.1) is 18.3 Å². The lowest BCUT2D eigenvalue weighted by Crippen LogP contribution is -2.39. The van der Waals surface area contributed by atoms with E-state index in [1.165, 1.54) is 4.88 Å². The molecule has 31 heavy (non-hydrogen) atoms. The van der Waals surface area contributed by atoms with Crippen LogP contribution in [0.25, 0.3) is 5.69 Å². The Kier molecular flexibility index (Phi) is 7.68. The van der Waals surface area contributed by atoms with Crippen molar-refractivity contribution in [2.45, 2.75) is 32.6 Å². The van der Waals surface area contributed by atoms with E-state index in [1.807, 2.05) is 31.2 Å². The summed E-state index contributed by atoms with van der Waals surface area (Å²) >= 11 is 1.77. The van der Waals surface area contributed by atoms with Crippen molar-refractivity contribution in [2.75, 3.05) is 25.9 Å². The SMILES string of the molecule is CN=C(NCCCc1nn(-c2ccc(C)cc2)c(N)c1C#N)NCC(C)c1cccs1. The fourth-order valence-corrected chi connectivity index (χ4v) is 4.05. The van der Waals surface area contributed by atoms with Crippen molar-refractivity contribution in [3.63, 3.8) is 0 Å². The molecule has 3 aromatic rings. The number of thiophene rings is 1. The molecular weight excluding hydrogens is 406 g/mol. The molecule has 3 rings (SSSR count). The van der Waals surface area contributed by atoms with Gasteiger partial charge in [0.25, 0.3) is 0 Å². The molecule has 8 heteroatoms. The first kappa shape index (κ1) is 22.4. The maximum absolute atomic E-state index is 9.56. The molecule has 0 spiro atoms. The first-order valence-electron chi connectivity index (χ1n) is 10.4. The number of nitrogen functional groups attached to an aromatic ring is 1. The minimum Gasteiger partial charge on any atom is -0.382 e. The van der Waals surface area contributed by atoms with Gasteiger partial charge in [-0.05, 0) is 43.3 Å². The van der Waals surface area contributed by atoms with Gasteiger partial charge in [0, 0.05) is 30.9 Å². The molecule has 0 aliphatic carbocycles. The molecule has 4 N–H and O–H groups in total. The van der Waals surface area contributed by atoms with Gasteiger partial charge >= 0.3 is 0 Å². The first-order chi connectivity index (χ1) is 15.0. The van der Waals surface area contributed by atoms with Gasteiger partial charge in [-0.15, -0.1) is 11.3 Å². The number of anilines is 1. The fourth-order valence-electron chi connectivity index (χ4n) is 3.26. The van der Waals surface area contributed by atoms with Gasteiger partial charge in [-0.3, -0.25) is 4.99 Å². The molecular formula is C23H29N7S. The second-order valence-electron chi connectivity index (χ2n) is 7.47. The van der Waals surface area contributed by atoms with Crippen LogP contribution in [0.15, 0.2) is 46.8 Å². The third-order valence-corrected chi connectivity index (χ3v) is 6.20. The van der Waals surface area contributed by atoms with Crippen LogP contribution in [-0.2, 0) is 6.42 Å². The van der Waals surface area contributed by atoms with E-state index in [9.17, 15) is 5.26 Å². The van der Waals surface area contributed by atoms with Crippen LogP contribution < -0.4 is 16.4 Å². The number of aryl methyl sites for hydroxylation is 2. The Morgan fingerprint density at radius 3 is 2.71 bits per heavy atom. The predicted octanol–water partition coefficient (Wildman–Crippen LogP) is 3.60. The largest absolute Gasteiger partial charge is 0.382 e. The number of nitriles is 1. The number of benzene rings is 1. The van der Waals surface area contributed by atoms with Crippen LogP contribution in [0.2, 0.25) is 0 Å². The Balaban J connectivity index is 1.53. The number of nitrogens with zero attached hydrogens (tertiary/aromatic N) is 4. The minimum atomic E-state index is 0.384. The Hall–Kier alpha value is -3.31. The summed E-state index contributed by atoms with van der Waals surface area (Å²) in [4.78, 5) is 5.65. The second kappa shape index (κ2) is 10.6. The normalized spacial score (nSPS) is 12.4. The highest BCUT2D eigenvalue weighted by Crippen LogP contribution is 2.22. The van der Waals surface area contributed by atoms with Gasteiger partial charge in [0.2, 0.25) is 0 Å². The van der Waals surface area contributed by atoms with Gasteiger partial charge in [0.1, 0.15) is 17.5 Å². The van der Waals surface area contributed by atoms with Crippen LogP contribution in [0.1, 0.15) is 41.0 Å². The molecule has 162 valence electrons. The molecule has 7 nitrogen and oxygen atoms in total. The second-order valence-corrected chi connectivity index (χ2v) is 8.45. The van der Waals surface area contributed by atoms with Crippen molar-refractivity contribution in [2.24, 2.45) is 4.99 Å². The average Bonchev–Trinajstić information content (AvgIpc) is 3.42. The van der Waals surface area contributed by atoms with E-state index in [0.717, 1.165) is 42.4 Å². The third-order valence-electron chi connectivity index (χ3n) is 5.09. The smallest absolute Gasteiger partial charge is 0.190 e. The molecule has 0 fully saturated rings. The zero-order valence-corrected chi connectivity index (χ0v) is 19.0. The third kappa shape index (κ3) is 5.64. The molecule has 1 atom stereocenters. The van der Waals surface area contributed by atoms with E-state index in [0.29, 0.717) is 23.7 Å². The summed E-state index contributed by atoms with van der Waals surface area (Å²) in [5, 5.41) is 23.0. The summed E-state index contributed by atoms with van der Waals surface area (Å²) < 4.78 is 1.65. The van der Waals surface area contributed by atoms with E-state index in [4.69, 9.17) is 5.73 Å². The van der Waals surface area contributed by atoms with Crippen molar-refractivity contribution in [3.8, 4) is 11.8 Å². The summed E-state index contributed by atoms with van der Waals surface area (Å²) in [6.07, 6.45) is 1.46. The molecule has 0 amide bonds. The molecule has 0 saturated carbocycles. The van der Waals surface area contributed by atoms with Crippen LogP contribution in [-0.4, -0.2) is 35.9 Å². The van der Waals surface area contributed by atoms with Gasteiger partial charge in [-0.1, -0.05) is 30.7 Å². The van der Waals surface area contributed by atoms with Crippen molar-refractivity contribution in [1.82, 2.24) is 20.4 Å². The van der Waals surface area contributed by atoms with Crippen LogP contribution in [0.4, 0.5) is 5.82 Å². The Morgan fingerprint density at radius 2 is 2.06 bits per heavy atom. The number of hydrogen-bond donors (Lipinski definition) is 3. The summed E-state index contributed by atoms with van der Waals surface area (Å²) in [5.74, 6) is 1.58. The lowest BCUT2D eigenvalue weighted by Gasteiger charge is -2.15. The Bertz CT molecular complexity index is 1040. The number of aromatic nitrogens is 2. The number of rotatable bonds is 8. The predicted molar refractivity (Wildman–Crippen MR) is 128 cm³/mol. The maximum Gasteiger partial charge on any atom is 0.190 e. The number of guanidine groups is 1. The van der Waals surface area contributed by atoms with E-state index in [-0.39, 0.29) is 0 Å². The van der Waals surface area contributed by atoms with Crippen LogP contribution in [0.5, 0.6) is 0 Å². The van der Waals surface area contributed by atoms with Gasteiger partial charge in [-0.2, -0.15) is 10.4 Å². The summed E-state index contributed by atoms with van der Waals surface area (Å²) in [6, 6.07) is 14.4. The molecule has 0 aliphatic heterocycles. The fraction of sp³-hybridized carbons (Fsp3) is 0.348. The zero-order chi connectivity index (χ0) is 22.2. The summed E-state index contributed by atoms with van der Waals surface area (Å²) in [6.45, 7) is 5.76. The number of hydrogen-bond acceptors (Lipinski definition) is 5. The van der Waals surface area contributed by atoms with E-state index < -0.39 is 0 Å². The molecule has 2 heterocycles. The molecule has 0 bridgehead atoms. The number of nitrogens with two attached hydrogens (primary N) is 1. The Morgan fingerprint density at radius 1 is 1.29 bits per heavy atom. The molecule has 1 unspecified atom stereocenters. The highest BCUT2D eigenvalue weighted by molar-refractivity contribution is 7.10. The lowest BCUT2D eigenvalue weighted by molar-refractivity contribution is 0.690. The van der Waals surface area contributed by atoms with Gasteiger partial charge in [0.05, 0.1) is 11.4 Å². The molecule has 2 aromatic heterocycles. The quantitative estimate of drug-likeness (QED) is 0.285. The molecule has 0 radical (unpaired) electrons. The summed E-state index contributed by atoms with van der Waals surface area (Å²) in [7, 11) is 1.77. The number of aliphatic imine (C=N–C) groups is 1. The standard InChI is InChI=1S/C23H29N7S/c1-16-8-10-18(11-9-16)30-22(25)19(14-24)20(29-30)6-4-12-27-23(26-3)28-15-17(2)21-7-5-13-31-21/h5,7-11,13,17H,4,6,12,15,25H2,1-3H3,(H2,26,27,28). The van der Waals surface area contributed by atoms with Crippen LogP contribution >= 0.6 is 11.3 Å². The molecule has 0 saturated heterocycles. The summed E-state index contributed by atoms with van der Waals surface area (Å²) in [5.41, 5.74) is 9.39. The van der Waals surface area contributed by atoms with Gasteiger partial charge < -0.3 is 16.4 Å². The van der Waals surface area contributed by atoms with E-state index in [2.05, 4.69) is 51.2 Å². The van der Waals surface area contributed by atoms with Gasteiger partial charge in [-0.25, -0.2) is 4.68 Å².